The highest BCUT2D eigenvalue weighted by Crippen LogP contribution is 2.36. The van der Waals surface area contributed by atoms with Gasteiger partial charge in [-0.3, -0.25) is 0 Å². The molecule has 2 aromatic rings. The number of nitrogens with one attached hydrogen (secondary N) is 1. The van der Waals surface area contributed by atoms with E-state index in [1.165, 1.54) is 11.1 Å². The molecule has 0 saturated carbocycles. The van der Waals surface area contributed by atoms with Crippen molar-refractivity contribution in [1.29, 1.82) is 0 Å². The smallest absolute Gasteiger partial charge is 0.140 e. The van der Waals surface area contributed by atoms with E-state index >= 15 is 0 Å². The van der Waals surface area contributed by atoms with Gasteiger partial charge in [0.05, 0.1) is 15.5 Å². The maximum absolute atomic E-state index is 5.90. The molecule has 3 N–H and O–H groups in total. The molecule has 0 spiro atoms. The second-order valence-corrected chi connectivity index (χ2v) is 5.97. The van der Waals surface area contributed by atoms with Gasteiger partial charge >= 0.3 is 0 Å². The summed E-state index contributed by atoms with van der Waals surface area (Å²) in [6.07, 6.45) is 3.74. The first-order chi connectivity index (χ1) is 9.13. The van der Waals surface area contributed by atoms with Gasteiger partial charge in [-0.25, -0.2) is 4.98 Å². The second kappa shape index (κ2) is 5.02. The third-order valence-corrected chi connectivity index (χ3v) is 4.17. The number of nitrogen functional groups attached to an aromatic ring is 1. The first-order valence-corrected chi connectivity index (χ1v) is 7.26. The maximum Gasteiger partial charge on any atom is 0.140 e. The van der Waals surface area contributed by atoms with Crippen molar-refractivity contribution in [2.45, 2.75) is 18.9 Å². The van der Waals surface area contributed by atoms with Crippen molar-refractivity contribution in [3.63, 3.8) is 0 Å². The first-order valence-electron chi connectivity index (χ1n) is 6.09. The fourth-order valence-corrected chi connectivity index (χ4v) is 3.23. The zero-order valence-corrected chi connectivity index (χ0v) is 12.5. The molecule has 0 bridgehead atoms. The van der Waals surface area contributed by atoms with Crippen molar-refractivity contribution in [2.24, 2.45) is 0 Å². The van der Waals surface area contributed by atoms with E-state index in [-0.39, 0.29) is 6.04 Å². The van der Waals surface area contributed by atoms with Crippen molar-refractivity contribution >= 4 is 39.0 Å². The largest absolute Gasteiger partial charge is 0.399 e. The van der Waals surface area contributed by atoms with Crippen LogP contribution in [0.25, 0.3) is 0 Å². The summed E-state index contributed by atoms with van der Waals surface area (Å²) in [4.78, 5) is 4.32. The highest BCUT2D eigenvalue weighted by molar-refractivity contribution is 9.10. The summed E-state index contributed by atoms with van der Waals surface area (Å²) in [7, 11) is 0. The predicted octanol–water partition coefficient (Wildman–Crippen LogP) is 4.18. The number of hydrogen-bond donors (Lipinski definition) is 2. The highest BCUT2D eigenvalue weighted by atomic mass is 79.9. The normalized spacial score (nSPS) is 17.3. The summed E-state index contributed by atoms with van der Waals surface area (Å²) in [6.45, 7) is 0. The first kappa shape index (κ1) is 12.8. The highest BCUT2D eigenvalue weighted by Gasteiger charge is 2.23. The van der Waals surface area contributed by atoms with Gasteiger partial charge < -0.3 is 11.1 Å². The van der Waals surface area contributed by atoms with Gasteiger partial charge in [0, 0.05) is 11.9 Å². The lowest BCUT2D eigenvalue weighted by molar-refractivity contribution is 0.756. The van der Waals surface area contributed by atoms with Crippen LogP contribution in [0.1, 0.15) is 23.6 Å². The number of benzene rings is 1. The van der Waals surface area contributed by atoms with Gasteiger partial charge in [-0.05, 0) is 58.1 Å². The molecule has 0 amide bonds. The Morgan fingerprint density at radius 3 is 3.00 bits per heavy atom. The molecular weight excluding hydrogens is 326 g/mol. The molecule has 98 valence electrons. The van der Waals surface area contributed by atoms with Crippen molar-refractivity contribution in [1.82, 2.24) is 4.98 Å². The second-order valence-electron chi connectivity index (χ2n) is 4.68. The number of halogens is 2. The van der Waals surface area contributed by atoms with Crippen LogP contribution >= 0.6 is 27.5 Å². The van der Waals surface area contributed by atoms with Crippen molar-refractivity contribution < 1.29 is 0 Å². The summed E-state index contributed by atoms with van der Waals surface area (Å²) in [5, 5.41) is 4.08. The lowest BCUT2D eigenvalue weighted by Crippen LogP contribution is -2.09. The van der Waals surface area contributed by atoms with Crippen LogP contribution in [0.3, 0.4) is 0 Å². The minimum Gasteiger partial charge on any atom is -0.399 e. The summed E-state index contributed by atoms with van der Waals surface area (Å²) in [5.74, 6) is 0.819. The molecule has 3 rings (SSSR count). The molecule has 1 unspecified atom stereocenters. The maximum atomic E-state index is 5.90. The van der Waals surface area contributed by atoms with Gasteiger partial charge in [0.25, 0.3) is 0 Å². The van der Waals surface area contributed by atoms with Crippen molar-refractivity contribution in [3.8, 4) is 0 Å². The Kier molecular flexibility index (Phi) is 3.37. The van der Waals surface area contributed by atoms with Crippen molar-refractivity contribution in [2.75, 3.05) is 11.1 Å². The van der Waals surface area contributed by atoms with Gasteiger partial charge in [-0.2, -0.15) is 0 Å². The summed E-state index contributed by atoms with van der Waals surface area (Å²) in [5.41, 5.74) is 9.26. The number of rotatable bonds is 2. The molecule has 3 nitrogen and oxygen atoms in total. The molecule has 0 aliphatic heterocycles. The van der Waals surface area contributed by atoms with Gasteiger partial charge in [0.2, 0.25) is 0 Å². The average Bonchev–Trinajstić information content (AvgIpc) is 2.75. The Hall–Kier alpha value is -1.26. The van der Waals surface area contributed by atoms with Gasteiger partial charge in [-0.15, -0.1) is 0 Å². The van der Waals surface area contributed by atoms with E-state index < -0.39 is 0 Å². The van der Waals surface area contributed by atoms with Crippen LogP contribution in [0.2, 0.25) is 5.02 Å². The van der Waals surface area contributed by atoms with Crippen LogP contribution in [0.5, 0.6) is 0 Å². The van der Waals surface area contributed by atoms with Crippen LogP contribution in [-0.4, -0.2) is 4.98 Å². The molecule has 1 aliphatic rings. The Morgan fingerprint density at radius 2 is 2.21 bits per heavy atom. The Balaban J connectivity index is 1.86. The Labute approximate surface area is 125 Å². The quantitative estimate of drug-likeness (QED) is 0.808. The molecule has 1 aromatic carbocycles. The fraction of sp³-hybridized carbons (Fsp3) is 0.214. The molecule has 0 saturated heterocycles. The number of pyridine rings is 1. The van der Waals surface area contributed by atoms with E-state index in [2.05, 4.69) is 38.4 Å². The van der Waals surface area contributed by atoms with E-state index in [0.717, 1.165) is 28.8 Å². The van der Waals surface area contributed by atoms with Crippen LogP contribution in [0.15, 0.2) is 34.9 Å². The number of anilines is 2. The predicted molar refractivity (Wildman–Crippen MR) is 82.5 cm³/mol. The summed E-state index contributed by atoms with van der Waals surface area (Å²) < 4.78 is 0.879. The monoisotopic (exact) mass is 337 g/mol. The number of hydrogen-bond acceptors (Lipinski definition) is 3. The van der Waals surface area contributed by atoms with E-state index in [1.807, 2.05) is 12.1 Å². The number of nitrogens with two attached hydrogens (primary N) is 1. The zero-order chi connectivity index (χ0) is 13.4. The topological polar surface area (TPSA) is 50.9 Å². The van der Waals surface area contributed by atoms with Crippen LogP contribution in [-0.2, 0) is 6.42 Å². The molecule has 1 aliphatic carbocycles. The number of nitrogens with zero attached hydrogens (tertiary/aromatic N) is 1. The average molecular weight is 339 g/mol. The molecule has 0 fully saturated rings. The van der Waals surface area contributed by atoms with Crippen LogP contribution in [0.4, 0.5) is 11.5 Å². The SMILES string of the molecule is Nc1ccc2c(c1)CCC2Nc1ncc(Cl)cc1Br. The molecule has 1 aromatic heterocycles. The van der Waals surface area contributed by atoms with Gasteiger partial charge in [0.1, 0.15) is 5.82 Å². The zero-order valence-electron chi connectivity index (χ0n) is 10.2. The minimum absolute atomic E-state index is 0.278. The number of aromatic nitrogens is 1. The summed E-state index contributed by atoms with van der Waals surface area (Å²) in [6, 6.07) is 8.22. The fourth-order valence-electron chi connectivity index (χ4n) is 2.47. The van der Waals surface area contributed by atoms with Crippen LogP contribution in [0, 0.1) is 0 Å². The van der Waals surface area contributed by atoms with E-state index in [0.29, 0.717) is 5.02 Å². The Morgan fingerprint density at radius 1 is 1.37 bits per heavy atom. The standard InChI is InChI=1S/C14H13BrClN3/c15-12-6-9(16)7-18-14(12)19-13-4-1-8-5-10(17)2-3-11(8)13/h2-3,5-7,13H,1,4,17H2,(H,18,19). The third kappa shape index (κ3) is 2.55. The lowest BCUT2D eigenvalue weighted by atomic mass is 10.1. The molecule has 0 radical (unpaired) electrons. The van der Waals surface area contributed by atoms with E-state index in [9.17, 15) is 0 Å². The molecule has 5 heteroatoms. The molecule has 1 heterocycles. The molecule has 19 heavy (non-hydrogen) atoms. The number of fused-ring (bicyclic) bond motifs is 1. The van der Waals surface area contributed by atoms with E-state index in [1.54, 1.807) is 6.20 Å². The number of aryl methyl sites for hydroxylation is 1. The summed E-state index contributed by atoms with van der Waals surface area (Å²) >= 11 is 9.37. The lowest BCUT2D eigenvalue weighted by Gasteiger charge is -2.16. The minimum atomic E-state index is 0.278. The molecular formula is C14H13BrClN3. The van der Waals surface area contributed by atoms with Crippen molar-refractivity contribution in [3.05, 3.63) is 51.1 Å². The van der Waals surface area contributed by atoms with Crippen LogP contribution < -0.4 is 11.1 Å². The Bertz CT molecular complexity index is 630. The van der Waals surface area contributed by atoms with Gasteiger partial charge in [0.15, 0.2) is 0 Å². The third-order valence-electron chi connectivity index (χ3n) is 3.36. The molecule has 1 atom stereocenters. The van der Waals surface area contributed by atoms with E-state index in [4.69, 9.17) is 17.3 Å². The van der Waals surface area contributed by atoms with Gasteiger partial charge in [-0.1, -0.05) is 17.7 Å².